The summed E-state index contributed by atoms with van der Waals surface area (Å²) in [7, 11) is -2.54. The number of aryl methyl sites for hydroxylation is 1. The van der Waals surface area contributed by atoms with Crippen LogP contribution in [0, 0.1) is 6.92 Å². The van der Waals surface area contributed by atoms with Crippen LogP contribution in [0.1, 0.15) is 15.2 Å². The number of rotatable bonds is 5. The minimum Gasteiger partial charge on any atom is -0.495 e. The van der Waals surface area contributed by atoms with E-state index in [1.165, 1.54) is 23.0 Å². The Balaban J connectivity index is 1.60. The summed E-state index contributed by atoms with van der Waals surface area (Å²) in [4.78, 5) is 14.0. The number of ether oxygens (including phenoxy) is 1. The van der Waals surface area contributed by atoms with Crippen LogP contribution in [-0.2, 0) is 10.0 Å². The van der Waals surface area contributed by atoms with Crippen molar-refractivity contribution in [3.8, 4) is 5.75 Å². The number of thiophene rings is 1. The smallest absolute Gasteiger partial charge is 0.272 e. The van der Waals surface area contributed by atoms with Crippen molar-refractivity contribution in [2.75, 3.05) is 11.8 Å². The molecule has 2 heterocycles. The van der Waals surface area contributed by atoms with Crippen LogP contribution in [0.25, 0.3) is 21.0 Å². The molecule has 0 fully saturated rings. The Hall–Kier alpha value is -3.62. The molecule has 5 rings (SSSR count). The van der Waals surface area contributed by atoms with Crippen LogP contribution in [0.5, 0.6) is 5.75 Å². The number of carbonyl (C=O) groups is 1. The first-order valence-corrected chi connectivity index (χ1v) is 12.5. The summed E-state index contributed by atoms with van der Waals surface area (Å²) < 4.78 is 37.0. The van der Waals surface area contributed by atoms with Crippen LogP contribution in [-0.4, -0.2) is 26.0 Å². The minimum absolute atomic E-state index is 0.0379. The Kier molecular flexibility index (Phi) is 5.19. The predicted molar refractivity (Wildman–Crippen MR) is 132 cm³/mol. The van der Waals surface area contributed by atoms with Gasteiger partial charge in [-0.1, -0.05) is 36.4 Å². The summed E-state index contributed by atoms with van der Waals surface area (Å²) in [5, 5.41) is 1.75. The summed E-state index contributed by atoms with van der Waals surface area (Å²) in [6.07, 6.45) is 1.67. The molecular weight excluding hydrogens is 456 g/mol. The normalized spacial score (nSPS) is 11.7. The molecule has 0 radical (unpaired) electrons. The second-order valence-electron chi connectivity index (χ2n) is 7.64. The molecule has 0 saturated carbocycles. The molecule has 0 aliphatic carbocycles. The fraction of sp³-hybridized carbons (Fsp3) is 0.0800. The lowest BCUT2D eigenvalue weighted by Gasteiger charge is -2.14. The first-order valence-electron chi connectivity index (χ1n) is 10.2. The molecule has 0 aliphatic rings. The minimum atomic E-state index is -3.97. The van der Waals surface area contributed by atoms with E-state index in [0.717, 1.165) is 21.0 Å². The molecule has 166 valence electrons. The van der Waals surface area contributed by atoms with E-state index in [0.29, 0.717) is 16.1 Å². The van der Waals surface area contributed by atoms with Crippen LogP contribution < -0.4 is 9.46 Å². The molecule has 0 bridgehead atoms. The van der Waals surface area contributed by atoms with E-state index >= 15 is 0 Å². The summed E-state index contributed by atoms with van der Waals surface area (Å²) >= 11 is 1.41. The van der Waals surface area contributed by atoms with Gasteiger partial charge >= 0.3 is 0 Å². The Morgan fingerprint density at radius 3 is 2.55 bits per heavy atom. The Bertz CT molecular complexity index is 1600. The number of nitrogens with one attached hydrogen (secondary N) is 1. The highest BCUT2D eigenvalue weighted by Crippen LogP contribution is 2.32. The second kappa shape index (κ2) is 8.06. The van der Waals surface area contributed by atoms with Crippen molar-refractivity contribution in [3.63, 3.8) is 0 Å². The maximum absolute atomic E-state index is 13.4. The Labute approximate surface area is 195 Å². The van der Waals surface area contributed by atoms with E-state index in [-0.39, 0.29) is 16.6 Å². The number of methoxy groups -OCH3 is 1. The van der Waals surface area contributed by atoms with Crippen molar-refractivity contribution >= 4 is 53.9 Å². The van der Waals surface area contributed by atoms with Gasteiger partial charge in [0.15, 0.2) is 0 Å². The zero-order valence-corrected chi connectivity index (χ0v) is 19.5. The molecule has 0 amide bonds. The molecule has 0 atom stereocenters. The molecule has 33 heavy (non-hydrogen) atoms. The molecular formula is C25H20N2O4S2. The molecule has 8 heteroatoms. The third-order valence-corrected chi connectivity index (χ3v) is 7.91. The van der Waals surface area contributed by atoms with Crippen molar-refractivity contribution in [3.05, 3.63) is 89.4 Å². The van der Waals surface area contributed by atoms with E-state index in [4.69, 9.17) is 4.74 Å². The lowest BCUT2D eigenvalue weighted by molar-refractivity contribution is 0.0969. The average molecular weight is 477 g/mol. The topological polar surface area (TPSA) is 77.4 Å². The van der Waals surface area contributed by atoms with Crippen LogP contribution >= 0.6 is 11.3 Å². The average Bonchev–Trinajstić information content (AvgIpc) is 3.43. The number of hydrogen-bond acceptors (Lipinski definition) is 5. The van der Waals surface area contributed by atoms with Gasteiger partial charge in [0.25, 0.3) is 15.9 Å². The third-order valence-electron chi connectivity index (χ3n) is 5.42. The van der Waals surface area contributed by atoms with E-state index in [1.807, 2.05) is 43.3 Å². The first-order chi connectivity index (χ1) is 15.9. The summed E-state index contributed by atoms with van der Waals surface area (Å²) in [6, 6.07) is 21.7. The number of hydrogen-bond donors (Lipinski definition) is 1. The van der Waals surface area contributed by atoms with Gasteiger partial charge in [0.2, 0.25) is 0 Å². The second-order valence-corrected chi connectivity index (χ2v) is 10.4. The van der Waals surface area contributed by atoms with Gasteiger partial charge in [-0.05, 0) is 54.3 Å². The van der Waals surface area contributed by atoms with Gasteiger partial charge in [-0.15, -0.1) is 11.3 Å². The Morgan fingerprint density at radius 1 is 0.970 bits per heavy atom. The van der Waals surface area contributed by atoms with Crippen molar-refractivity contribution < 1.29 is 17.9 Å². The highest BCUT2D eigenvalue weighted by atomic mass is 32.2. The van der Waals surface area contributed by atoms with Crippen molar-refractivity contribution in [1.82, 2.24) is 4.57 Å². The maximum atomic E-state index is 13.4. The van der Waals surface area contributed by atoms with E-state index in [1.54, 1.807) is 42.6 Å². The molecule has 1 N–H and O–H groups in total. The van der Waals surface area contributed by atoms with Crippen LogP contribution in [0.3, 0.4) is 0 Å². The monoisotopic (exact) mass is 476 g/mol. The summed E-state index contributed by atoms with van der Waals surface area (Å²) in [6.45, 7) is 1.81. The maximum Gasteiger partial charge on any atom is 0.272 e. The zero-order chi connectivity index (χ0) is 23.2. The molecule has 0 aliphatic heterocycles. The van der Waals surface area contributed by atoms with E-state index in [2.05, 4.69) is 4.72 Å². The standard InChI is InChI=1S/C25H20N2O4S2/c1-16-10-11-20(31-2)23(14-16)33(29,30)26-19-8-5-7-17-12-13-27(24(17)19)25(28)22-15-18-6-3-4-9-21(18)32-22/h3-15,26H,1-2H3. The van der Waals surface area contributed by atoms with Gasteiger partial charge in [-0.2, -0.15) is 0 Å². The van der Waals surface area contributed by atoms with Crippen LogP contribution in [0.4, 0.5) is 5.69 Å². The largest absolute Gasteiger partial charge is 0.495 e. The molecule has 0 saturated heterocycles. The van der Waals surface area contributed by atoms with Gasteiger partial charge in [-0.3, -0.25) is 14.1 Å². The number of fused-ring (bicyclic) bond motifs is 2. The number of benzene rings is 3. The molecule has 6 nitrogen and oxygen atoms in total. The van der Waals surface area contributed by atoms with Crippen molar-refractivity contribution in [1.29, 1.82) is 0 Å². The number of carbonyl (C=O) groups excluding carboxylic acids is 1. The highest BCUT2D eigenvalue weighted by Gasteiger charge is 2.23. The molecule has 3 aromatic carbocycles. The molecule has 0 unspecified atom stereocenters. The SMILES string of the molecule is COc1ccc(C)cc1S(=O)(=O)Nc1cccc2ccn(C(=O)c3cc4ccccc4s3)c12. The van der Waals surface area contributed by atoms with Gasteiger partial charge in [0.1, 0.15) is 10.6 Å². The molecule has 2 aromatic heterocycles. The van der Waals surface area contributed by atoms with Gasteiger partial charge < -0.3 is 4.74 Å². The van der Waals surface area contributed by atoms with Gasteiger partial charge in [0.05, 0.1) is 23.2 Å². The fourth-order valence-electron chi connectivity index (χ4n) is 3.85. The number of aromatic nitrogens is 1. The van der Waals surface area contributed by atoms with Crippen molar-refractivity contribution in [2.45, 2.75) is 11.8 Å². The Morgan fingerprint density at radius 2 is 1.76 bits per heavy atom. The summed E-state index contributed by atoms with van der Waals surface area (Å²) in [5.41, 5.74) is 1.60. The predicted octanol–water partition coefficient (Wildman–Crippen LogP) is 5.66. The van der Waals surface area contributed by atoms with Gasteiger partial charge in [0, 0.05) is 16.3 Å². The number of para-hydroxylation sites is 1. The quantitative estimate of drug-likeness (QED) is 0.355. The number of anilines is 1. The first kappa shape index (κ1) is 21.2. The number of sulfonamides is 1. The van der Waals surface area contributed by atoms with E-state index < -0.39 is 10.0 Å². The fourth-order valence-corrected chi connectivity index (χ4v) is 6.17. The van der Waals surface area contributed by atoms with Gasteiger partial charge in [-0.25, -0.2) is 8.42 Å². The van der Waals surface area contributed by atoms with Crippen molar-refractivity contribution in [2.24, 2.45) is 0 Å². The highest BCUT2D eigenvalue weighted by molar-refractivity contribution is 7.92. The molecule has 0 spiro atoms. The lowest BCUT2D eigenvalue weighted by Crippen LogP contribution is -2.16. The molecule has 5 aromatic rings. The van der Waals surface area contributed by atoms with E-state index in [9.17, 15) is 13.2 Å². The summed E-state index contributed by atoms with van der Waals surface area (Å²) in [5.74, 6) is 0.0305. The zero-order valence-electron chi connectivity index (χ0n) is 17.9. The lowest BCUT2D eigenvalue weighted by atomic mass is 10.2. The third kappa shape index (κ3) is 3.77. The number of nitrogens with zero attached hydrogens (tertiary/aromatic N) is 1. The van der Waals surface area contributed by atoms with Crippen LogP contribution in [0.2, 0.25) is 0 Å². The van der Waals surface area contributed by atoms with Crippen LogP contribution in [0.15, 0.2) is 83.9 Å².